The van der Waals surface area contributed by atoms with Crippen molar-refractivity contribution in [3.8, 4) is 5.75 Å². The number of primary amides is 1. The van der Waals surface area contributed by atoms with Gasteiger partial charge < -0.3 is 15.8 Å². The van der Waals surface area contributed by atoms with E-state index in [0.29, 0.717) is 17.4 Å². The number of ether oxygens (including phenoxy) is 1. The number of amides is 1. The van der Waals surface area contributed by atoms with Gasteiger partial charge in [0.05, 0.1) is 18.2 Å². The maximum Gasteiger partial charge on any atom is 0.236 e. The third-order valence-corrected chi connectivity index (χ3v) is 2.33. The first kappa shape index (κ1) is 12.6. The highest BCUT2D eigenvalue weighted by Crippen LogP contribution is 2.30. The van der Waals surface area contributed by atoms with Crippen LogP contribution in [0.5, 0.6) is 5.75 Å². The molecule has 16 heavy (non-hydrogen) atoms. The number of anilines is 1. The minimum absolute atomic E-state index is 0.0884. The van der Waals surface area contributed by atoms with Crippen LogP contribution >= 0.6 is 11.6 Å². The molecule has 0 saturated heterocycles. The Hall–Kier alpha value is -1.42. The number of rotatable bonds is 5. The highest BCUT2D eigenvalue weighted by molar-refractivity contribution is 6.32. The van der Waals surface area contributed by atoms with E-state index in [2.05, 4.69) is 5.32 Å². The van der Waals surface area contributed by atoms with Gasteiger partial charge in [0.2, 0.25) is 5.91 Å². The summed E-state index contributed by atoms with van der Waals surface area (Å²) in [5.74, 6) is 0.232. The third-order valence-electron chi connectivity index (χ3n) is 2.03. The monoisotopic (exact) mass is 242 g/mol. The van der Waals surface area contributed by atoms with Gasteiger partial charge in [-0.3, -0.25) is 4.79 Å². The number of carbonyl (C=O) groups excluding carboxylic acids is 1. The van der Waals surface area contributed by atoms with Crippen LogP contribution in [0.2, 0.25) is 5.02 Å². The molecular weight excluding hydrogens is 228 g/mol. The van der Waals surface area contributed by atoms with Crippen molar-refractivity contribution in [2.45, 2.75) is 13.8 Å². The lowest BCUT2D eigenvalue weighted by atomic mass is 10.2. The summed E-state index contributed by atoms with van der Waals surface area (Å²) in [4.78, 5) is 10.6. The quantitative estimate of drug-likeness (QED) is 0.830. The molecule has 0 aliphatic carbocycles. The van der Waals surface area contributed by atoms with E-state index in [0.717, 1.165) is 11.3 Å². The molecule has 5 heteroatoms. The molecule has 1 aromatic rings. The molecule has 0 radical (unpaired) electrons. The number of hydrogen-bond donors (Lipinski definition) is 2. The Bertz CT molecular complexity index is 394. The fraction of sp³-hybridized carbons (Fsp3) is 0.364. The van der Waals surface area contributed by atoms with E-state index in [1.165, 1.54) is 0 Å². The Morgan fingerprint density at radius 3 is 2.81 bits per heavy atom. The predicted octanol–water partition coefficient (Wildman–Crippen LogP) is 1.94. The van der Waals surface area contributed by atoms with Crippen LogP contribution < -0.4 is 15.8 Å². The Morgan fingerprint density at radius 1 is 1.56 bits per heavy atom. The zero-order chi connectivity index (χ0) is 12.1. The first-order valence-electron chi connectivity index (χ1n) is 4.99. The van der Waals surface area contributed by atoms with Crippen LogP contribution in [0.1, 0.15) is 12.5 Å². The van der Waals surface area contributed by atoms with Crippen LogP contribution in [0.15, 0.2) is 12.1 Å². The number of benzene rings is 1. The van der Waals surface area contributed by atoms with Gasteiger partial charge >= 0.3 is 0 Å². The average Bonchev–Trinajstić information content (AvgIpc) is 2.21. The molecule has 0 unspecified atom stereocenters. The Morgan fingerprint density at radius 2 is 2.25 bits per heavy atom. The zero-order valence-corrected chi connectivity index (χ0v) is 10.1. The van der Waals surface area contributed by atoms with E-state index >= 15 is 0 Å². The molecule has 1 amide bonds. The Balaban J connectivity index is 2.87. The summed E-state index contributed by atoms with van der Waals surface area (Å²) in [5.41, 5.74) is 6.78. The van der Waals surface area contributed by atoms with Crippen molar-refractivity contribution >= 4 is 23.2 Å². The van der Waals surface area contributed by atoms with Crippen molar-refractivity contribution in [3.63, 3.8) is 0 Å². The number of halogens is 1. The van der Waals surface area contributed by atoms with Gasteiger partial charge in [-0.1, -0.05) is 11.6 Å². The van der Waals surface area contributed by atoms with Crippen LogP contribution in [0.25, 0.3) is 0 Å². The molecule has 0 aromatic heterocycles. The number of nitrogens with one attached hydrogen (secondary N) is 1. The standard InChI is InChI=1S/C11H15ClN2O2/c1-3-16-10-4-7(2)9(5-8(10)12)14-6-11(13)15/h4-5,14H,3,6H2,1-2H3,(H2,13,15). The molecule has 0 atom stereocenters. The number of aryl methyl sites for hydroxylation is 1. The molecule has 1 rings (SSSR count). The summed E-state index contributed by atoms with van der Waals surface area (Å²) in [6.07, 6.45) is 0. The van der Waals surface area contributed by atoms with Gasteiger partial charge in [0.25, 0.3) is 0 Å². The Kier molecular flexibility index (Phi) is 4.43. The molecule has 0 bridgehead atoms. The van der Waals surface area contributed by atoms with E-state index in [9.17, 15) is 4.79 Å². The minimum atomic E-state index is -0.413. The summed E-state index contributed by atoms with van der Waals surface area (Å²) >= 11 is 6.01. The van der Waals surface area contributed by atoms with Gasteiger partial charge in [-0.25, -0.2) is 0 Å². The molecule has 0 heterocycles. The third kappa shape index (κ3) is 3.31. The van der Waals surface area contributed by atoms with E-state index in [-0.39, 0.29) is 6.54 Å². The second kappa shape index (κ2) is 5.61. The highest BCUT2D eigenvalue weighted by Gasteiger charge is 2.07. The second-order valence-electron chi connectivity index (χ2n) is 3.35. The summed E-state index contributed by atoms with van der Waals surface area (Å²) < 4.78 is 5.35. The van der Waals surface area contributed by atoms with Crippen LogP contribution in [0.4, 0.5) is 5.69 Å². The molecular formula is C11H15ClN2O2. The first-order chi connectivity index (χ1) is 7.54. The largest absolute Gasteiger partial charge is 0.492 e. The van der Waals surface area contributed by atoms with E-state index in [4.69, 9.17) is 22.1 Å². The molecule has 88 valence electrons. The van der Waals surface area contributed by atoms with Gasteiger partial charge in [0, 0.05) is 5.69 Å². The van der Waals surface area contributed by atoms with Crippen molar-refractivity contribution in [2.75, 3.05) is 18.5 Å². The van der Waals surface area contributed by atoms with Crippen LogP contribution in [0, 0.1) is 6.92 Å². The summed E-state index contributed by atoms with van der Waals surface area (Å²) in [7, 11) is 0. The van der Waals surface area contributed by atoms with Crippen molar-refractivity contribution in [1.82, 2.24) is 0 Å². The molecule has 3 N–H and O–H groups in total. The summed E-state index contributed by atoms with van der Waals surface area (Å²) in [5, 5.41) is 3.42. The van der Waals surface area contributed by atoms with Crippen molar-refractivity contribution in [3.05, 3.63) is 22.7 Å². The molecule has 0 aliphatic rings. The summed E-state index contributed by atoms with van der Waals surface area (Å²) in [6.45, 7) is 4.45. The SMILES string of the molecule is CCOc1cc(C)c(NCC(N)=O)cc1Cl. The van der Waals surface area contributed by atoms with Gasteiger partial charge in [-0.2, -0.15) is 0 Å². The van der Waals surface area contributed by atoms with E-state index in [1.807, 2.05) is 19.9 Å². The Labute approximate surface area is 99.7 Å². The number of nitrogens with two attached hydrogens (primary N) is 1. The van der Waals surface area contributed by atoms with Crippen molar-refractivity contribution in [2.24, 2.45) is 5.73 Å². The van der Waals surface area contributed by atoms with Gasteiger partial charge in [-0.15, -0.1) is 0 Å². The molecule has 0 spiro atoms. The highest BCUT2D eigenvalue weighted by atomic mass is 35.5. The van der Waals surface area contributed by atoms with Crippen molar-refractivity contribution < 1.29 is 9.53 Å². The predicted molar refractivity (Wildman–Crippen MR) is 65.0 cm³/mol. The molecule has 0 saturated carbocycles. The van der Waals surface area contributed by atoms with E-state index in [1.54, 1.807) is 6.07 Å². The second-order valence-corrected chi connectivity index (χ2v) is 3.76. The van der Waals surface area contributed by atoms with Crippen LogP contribution in [-0.4, -0.2) is 19.1 Å². The maximum atomic E-state index is 10.6. The molecule has 0 aliphatic heterocycles. The molecule has 1 aromatic carbocycles. The fourth-order valence-corrected chi connectivity index (χ4v) is 1.51. The smallest absolute Gasteiger partial charge is 0.236 e. The lowest BCUT2D eigenvalue weighted by Gasteiger charge is -2.12. The topological polar surface area (TPSA) is 64.3 Å². The minimum Gasteiger partial charge on any atom is -0.492 e. The summed E-state index contributed by atoms with van der Waals surface area (Å²) in [6, 6.07) is 3.56. The maximum absolute atomic E-state index is 10.6. The molecule has 0 fully saturated rings. The van der Waals surface area contributed by atoms with Crippen LogP contribution in [0.3, 0.4) is 0 Å². The normalized spacial score (nSPS) is 9.94. The number of carbonyl (C=O) groups is 1. The van der Waals surface area contributed by atoms with Gasteiger partial charge in [0.15, 0.2) is 0 Å². The van der Waals surface area contributed by atoms with Crippen LogP contribution in [-0.2, 0) is 4.79 Å². The lowest BCUT2D eigenvalue weighted by Crippen LogP contribution is -2.22. The van der Waals surface area contributed by atoms with Gasteiger partial charge in [-0.05, 0) is 31.5 Å². The average molecular weight is 243 g/mol. The van der Waals surface area contributed by atoms with Crippen molar-refractivity contribution in [1.29, 1.82) is 0 Å². The number of hydrogen-bond acceptors (Lipinski definition) is 3. The zero-order valence-electron chi connectivity index (χ0n) is 9.34. The molecule has 4 nitrogen and oxygen atoms in total. The fourth-order valence-electron chi connectivity index (χ4n) is 1.29. The first-order valence-corrected chi connectivity index (χ1v) is 5.37. The van der Waals surface area contributed by atoms with E-state index < -0.39 is 5.91 Å². The van der Waals surface area contributed by atoms with Gasteiger partial charge in [0.1, 0.15) is 5.75 Å². The lowest BCUT2D eigenvalue weighted by molar-refractivity contribution is -0.116.